The van der Waals surface area contributed by atoms with E-state index in [1.54, 1.807) is 24.3 Å². The minimum absolute atomic E-state index is 0.00996. The first-order chi connectivity index (χ1) is 21.5. The molecule has 0 radical (unpaired) electrons. The molecule has 45 heavy (non-hydrogen) atoms. The highest BCUT2D eigenvalue weighted by Gasteiger charge is 2.27. The molecule has 0 fully saturated rings. The van der Waals surface area contributed by atoms with E-state index in [1.165, 1.54) is 0 Å². The molecule has 0 atom stereocenters. The van der Waals surface area contributed by atoms with E-state index in [2.05, 4.69) is 19.8 Å². The standard InChI is InChI=1S/C29H26N2O13S/c1-38-19(32)11-15(27(35)41-4)24-22-14-9-7-8-10-18(14)44-25(30-16(28(36)42-5)12-20(33)39-2)23(22)26(45-24)31-17(29(37)43-6)13-21(34)40-3/h7-13,31H,1-6H3/b15-11-,16-12+,17-13+,30-25?. The number of hydrogen-bond donors (Lipinski definition) is 1. The number of esters is 6. The van der Waals surface area contributed by atoms with Crippen molar-refractivity contribution in [2.45, 2.75) is 0 Å². The Labute approximate surface area is 258 Å². The van der Waals surface area contributed by atoms with Gasteiger partial charge in [0.1, 0.15) is 16.3 Å². The van der Waals surface area contributed by atoms with Gasteiger partial charge in [0.15, 0.2) is 5.70 Å². The summed E-state index contributed by atoms with van der Waals surface area (Å²) in [5.41, 5.74) is -1.34. The van der Waals surface area contributed by atoms with Crippen molar-refractivity contribution in [3.05, 3.63) is 64.3 Å². The van der Waals surface area contributed by atoms with Crippen LogP contribution >= 0.6 is 11.3 Å². The van der Waals surface area contributed by atoms with Crippen molar-refractivity contribution < 1.29 is 61.6 Å². The van der Waals surface area contributed by atoms with E-state index in [0.717, 1.165) is 72.2 Å². The van der Waals surface area contributed by atoms with Gasteiger partial charge in [-0.15, -0.1) is 11.3 Å². The number of anilines is 1. The predicted molar refractivity (Wildman–Crippen MR) is 157 cm³/mol. The Morgan fingerprint density at radius 1 is 0.711 bits per heavy atom. The summed E-state index contributed by atoms with van der Waals surface area (Å²) >= 11 is 0.821. The highest BCUT2D eigenvalue weighted by molar-refractivity contribution is 7.19. The Kier molecular flexibility index (Phi) is 11.3. The lowest BCUT2D eigenvalue weighted by Gasteiger charge is -2.08. The molecule has 0 amide bonds. The molecule has 0 unspecified atom stereocenters. The zero-order chi connectivity index (χ0) is 33.3. The lowest BCUT2D eigenvalue weighted by atomic mass is 10.0. The van der Waals surface area contributed by atoms with Crippen molar-refractivity contribution in [3.8, 4) is 0 Å². The molecule has 1 N–H and O–H groups in total. The summed E-state index contributed by atoms with van der Waals surface area (Å²) in [6, 6.07) is 6.49. The van der Waals surface area contributed by atoms with Crippen molar-refractivity contribution >= 4 is 79.5 Å². The molecule has 15 nitrogen and oxygen atoms in total. The van der Waals surface area contributed by atoms with E-state index < -0.39 is 47.2 Å². The second-order valence-corrected chi connectivity index (χ2v) is 9.36. The van der Waals surface area contributed by atoms with Gasteiger partial charge in [-0.25, -0.2) is 33.8 Å². The van der Waals surface area contributed by atoms with E-state index in [1.807, 2.05) is 0 Å². The van der Waals surface area contributed by atoms with Gasteiger partial charge in [-0.2, -0.15) is 0 Å². The SMILES string of the molecule is COC(=O)/C=C(/N=c1oc2ccccc2c2c(/C(=C/C(=O)OC)C(=O)OC)sc(N/C(=C/C(=O)OC)C(=O)OC)c12)C(=O)OC. The third-order valence-corrected chi connectivity index (χ3v) is 6.93. The maximum Gasteiger partial charge on any atom is 0.357 e. The number of rotatable bonds is 10. The van der Waals surface area contributed by atoms with Crippen LogP contribution in [0.3, 0.4) is 0 Å². The fourth-order valence-electron chi connectivity index (χ4n) is 3.75. The molecular formula is C29H26N2O13S. The quantitative estimate of drug-likeness (QED) is 0.192. The highest BCUT2D eigenvalue weighted by atomic mass is 32.1. The summed E-state index contributed by atoms with van der Waals surface area (Å²) < 4.78 is 34.6. The first-order valence-corrected chi connectivity index (χ1v) is 13.3. The molecule has 16 heteroatoms. The normalized spacial score (nSPS) is 12.4. The molecule has 236 valence electrons. The zero-order valence-corrected chi connectivity index (χ0v) is 25.5. The number of benzene rings is 1. The summed E-state index contributed by atoms with van der Waals surface area (Å²) in [4.78, 5) is 79.2. The van der Waals surface area contributed by atoms with Crippen LogP contribution < -0.4 is 10.9 Å². The maximum absolute atomic E-state index is 13.0. The van der Waals surface area contributed by atoms with Gasteiger partial charge >= 0.3 is 35.8 Å². The Morgan fingerprint density at radius 2 is 1.29 bits per heavy atom. The number of carbonyl (C=O) groups excluding carboxylic acids is 6. The third-order valence-electron chi connectivity index (χ3n) is 5.79. The average Bonchev–Trinajstić information content (AvgIpc) is 3.44. The minimum atomic E-state index is -1.04. The van der Waals surface area contributed by atoms with E-state index >= 15 is 0 Å². The van der Waals surface area contributed by atoms with Gasteiger partial charge < -0.3 is 38.2 Å². The number of carbonyl (C=O) groups is 6. The number of nitrogens with one attached hydrogen (secondary N) is 1. The monoisotopic (exact) mass is 642 g/mol. The second-order valence-electron chi connectivity index (χ2n) is 8.34. The maximum atomic E-state index is 13.0. The molecule has 0 aliphatic rings. The van der Waals surface area contributed by atoms with Crippen LogP contribution in [0.5, 0.6) is 0 Å². The Hall–Kier alpha value is -5.77. The molecule has 0 spiro atoms. The van der Waals surface area contributed by atoms with E-state index in [4.69, 9.17) is 23.4 Å². The number of para-hydroxylation sites is 1. The molecule has 3 rings (SSSR count). The molecule has 2 heterocycles. The van der Waals surface area contributed by atoms with E-state index in [9.17, 15) is 28.8 Å². The van der Waals surface area contributed by atoms with Crippen LogP contribution in [0.15, 0.2) is 63.3 Å². The van der Waals surface area contributed by atoms with Crippen molar-refractivity contribution in [2.75, 3.05) is 48.0 Å². The number of methoxy groups -OCH3 is 6. The molecule has 2 aromatic heterocycles. The number of hydrogen-bond acceptors (Lipinski definition) is 16. The summed E-state index contributed by atoms with van der Waals surface area (Å²) in [5, 5.41) is 3.43. The van der Waals surface area contributed by atoms with Crippen LogP contribution in [0.2, 0.25) is 0 Å². The fraction of sp³-hybridized carbons (Fsp3) is 0.207. The van der Waals surface area contributed by atoms with E-state index in [-0.39, 0.29) is 37.4 Å². The van der Waals surface area contributed by atoms with Gasteiger partial charge in [-0.3, -0.25) is 0 Å². The fourth-order valence-corrected chi connectivity index (χ4v) is 4.97. The lowest BCUT2D eigenvalue weighted by Crippen LogP contribution is -2.16. The van der Waals surface area contributed by atoms with Gasteiger partial charge in [-0.05, 0) is 6.07 Å². The van der Waals surface area contributed by atoms with E-state index in [0.29, 0.717) is 5.39 Å². The molecule has 0 aliphatic carbocycles. The molecular weight excluding hydrogens is 616 g/mol. The first kappa shape index (κ1) is 33.7. The average molecular weight is 643 g/mol. The summed E-state index contributed by atoms with van der Waals surface area (Å²) in [6.07, 6.45) is 2.48. The third kappa shape index (κ3) is 7.61. The number of ether oxygens (including phenoxy) is 6. The lowest BCUT2D eigenvalue weighted by molar-refractivity contribution is -0.138. The van der Waals surface area contributed by atoms with Crippen molar-refractivity contribution in [3.63, 3.8) is 0 Å². The summed E-state index contributed by atoms with van der Waals surface area (Å²) in [6.45, 7) is 0. The Bertz CT molecular complexity index is 1860. The van der Waals surface area contributed by atoms with Gasteiger partial charge in [0.25, 0.3) is 0 Å². The molecule has 1 aromatic carbocycles. The number of nitrogens with zero attached hydrogens (tertiary/aromatic N) is 1. The first-order valence-electron chi connectivity index (χ1n) is 12.5. The Balaban J connectivity index is 2.65. The van der Waals surface area contributed by atoms with Crippen LogP contribution in [0, 0.1) is 0 Å². The highest BCUT2D eigenvalue weighted by Crippen LogP contribution is 2.42. The summed E-state index contributed by atoms with van der Waals surface area (Å²) in [7, 11) is 6.53. The van der Waals surface area contributed by atoms with Crippen molar-refractivity contribution in [2.24, 2.45) is 4.99 Å². The number of fused-ring (bicyclic) bond motifs is 3. The van der Waals surface area contributed by atoms with Crippen molar-refractivity contribution in [1.29, 1.82) is 0 Å². The Morgan fingerprint density at radius 3 is 1.89 bits per heavy atom. The molecule has 0 saturated heterocycles. The largest absolute Gasteiger partial charge is 0.466 e. The second kappa shape index (κ2) is 15.1. The molecule has 0 bridgehead atoms. The van der Waals surface area contributed by atoms with Gasteiger partial charge in [0.05, 0.1) is 70.6 Å². The smallest absolute Gasteiger partial charge is 0.357 e. The van der Waals surface area contributed by atoms with Crippen LogP contribution in [-0.2, 0) is 57.2 Å². The molecule has 0 aliphatic heterocycles. The summed E-state index contributed by atoms with van der Waals surface area (Å²) in [5.74, 6) is -5.71. The molecule has 0 saturated carbocycles. The zero-order valence-electron chi connectivity index (χ0n) is 24.7. The van der Waals surface area contributed by atoms with Gasteiger partial charge in [-0.1, -0.05) is 18.2 Å². The van der Waals surface area contributed by atoms with Gasteiger partial charge in [0, 0.05) is 16.8 Å². The topological polar surface area (TPSA) is 195 Å². The van der Waals surface area contributed by atoms with Crippen molar-refractivity contribution in [1.82, 2.24) is 0 Å². The minimum Gasteiger partial charge on any atom is -0.466 e. The molecule has 3 aromatic rings. The van der Waals surface area contributed by atoms with Crippen LogP contribution in [-0.4, -0.2) is 78.5 Å². The van der Waals surface area contributed by atoms with Gasteiger partial charge in [0.2, 0.25) is 5.55 Å². The number of thiophene rings is 1. The van der Waals surface area contributed by atoms with Crippen LogP contribution in [0.25, 0.3) is 27.3 Å². The predicted octanol–water partition coefficient (Wildman–Crippen LogP) is 2.15. The van der Waals surface area contributed by atoms with Crippen LogP contribution in [0.1, 0.15) is 4.88 Å². The van der Waals surface area contributed by atoms with Crippen LogP contribution in [0.4, 0.5) is 5.00 Å².